The normalized spacial score (nSPS) is 11.9. The van der Waals surface area contributed by atoms with Gasteiger partial charge in [-0.1, -0.05) is 121 Å². The molecule has 0 fully saturated rings. The summed E-state index contributed by atoms with van der Waals surface area (Å²) in [6.07, 6.45) is 0.287. The number of hydrogen-bond donors (Lipinski definition) is 0. The number of rotatable bonds is 13. The molecule has 0 N–H and O–H groups in total. The molecule has 8 rings (SSSR count). The Morgan fingerprint density at radius 2 is 0.588 bits per heavy atom. The molecule has 68 heavy (non-hydrogen) atoms. The summed E-state index contributed by atoms with van der Waals surface area (Å²) in [5.41, 5.74) is 2.91. The SMILES string of the molecule is O=S(=O)([O-])c1cccc(P(Cc2ccc3ccccc3c2-c2c(CP(c3cccc(S(=O)(=O)[O-])c3)c3cccc(S(=O)(=O)[O-])c3)ccc3ccccc23)c2cccc(S(=O)(=O)[O-])c2)c1.[K+].[K+].[K+].[K+]. The van der Waals surface area contributed by atoms with Crippen molar-refractivity contribution in [2.75, 3.05) is 0 Å². The average Bonchev–Trinajstić information content (AvgIpc) is 3.26. The zero-order valence-corrected chi connectivity index (χ0v) is 54.6. The molecule has 22 heteroatoms. The molecule has 8 aromatic rings. The summed E-state index contributed by atoms with van der Waals surface area (Å²) in [5.74, 6) is 0. The van der Waals surface area contributed by atoms with Crippen LogP contribution in [0.4, 0.5) is 0 Å². The summed E-state index contributed by atoms with van der Waals surface area (Å²) in [5, 5.41) is 4.91. The van der Waals surface area contributed by atoms with E-state index in [0.717, 1.165) is 43.8 Å². The summed E-state index contributed by atoms with van der Waals surface area (Å²) < 4.78 is 148. The van der Waals surface area contributed by atoms with Crippen molar-refractivity contribution in [2.24, 2.45) is 0 Å². The summed E-state index contributed by atoms with van der Waals surface area (Å²) in [4.78, 5) is -1.96. The van der Waals surface area contributed by atoms with Crippen LogP contribution in [0, 0.1) is 0 Å². The van der Waals surface area contributed by atoms with Crippen LogP contribution in [0.1, 0.15) is 11.1 Å². The predicted octanol–water partition coefficient (Wildman–Crippen LogP) is -5.44. The molecule has 0 aromatic heterocycles. The van der Waals surface area contributed by atoms with Gasteiger partial charge in [-0.2, -0.15) is 0 Å². The van der Waals surface area contributed by atoms with Crippen molar-refractivity contribution in [3.63, 3.8) is 0 Å². The van der Waals surface area contributed by atoms with Crippen LogP contribution in [-0.2, 0) is 52.8 Å². The molecular weight excluding hydrogens is 1090 g/mol. The van der Waals surface area contributed by atoms with Gasteiger partial charge in [0.25, 0.3) is 0 Å². The van der Waals surface area contributed by atoms with Gasteiger partial charge in [-0.05, 0) is 129 Å². The van der Waals surface area contributed by atoms with Crippen molar-refractivity contribution in [1.29, 1.82) is 0 Å². The first-order valence-electron chi connectivity index (χ1n) is 19.1. The van der Waals surface area contributed by atoms with Crippen LogP contribution in [0.5, 0.6) is 0 Å². The van der Waals surface area contributed by atoms with Crippen molar-refractivity contribution in [3.8, 4) is 11.1 Å². The Labute approximate surface area is 568 Å². The summed E-state index contributed by atoms with van der Waals surface area (Å²) in [6, 6.07) is 44.9. The second-order valence-corrected chi connectivity index (χ2v) is 24.5. The van der Waals surface area contributed by atoms with Crippen molar-refractivity contribution in [3.05, 3.63) is 181 Å². The Morgan fingerprint density at radius 1 is 0.324 bits per heavy atom. The van der Waals surface area contributed by atoms with E-state index < -0.39 is 75.9 Å². The Balaban J connectivity index is 0.00000252. The third kappa shape index (κ3) is 14.8. The topological polar surface area (TPSA) is 229 Å². The molecule has 0 spiro atoms. The first kappa shape index (κ1) is 61.9. The minimum absolute atomic E-state index is 0. The maximum absolute atomic E-state index is 12.3. The molecule has 0 aliphatic carbocycles. The molecule has 8 aromatic carbocycles. The van der Waals surface area contributed by atoms with Gasteiger partial charge in [0.15, 0.2) is 0 Å². The van der Waals surface area contributed by atoms with Gasteiger partial charge in [0.2, 0.25) is 0 Å². The second-order valence-electron chi connectivity index (χ2n) is 14.6. The third-order valence-electron chi connectivity index (χ3n) is 10.6. The molecular formula is C46H32K4O12P2S4. The molecule has 0 bridgehead atoms. The van der Waals surface area contributed by atoms with Gasteiger partial charge >= 0.3 is 206 Å². The van der Waals surface area contributed by atoms with E-state index in [1.807, 2.05) is 72.8 Å². The summed E-state index contributed by atoms with van der Waals surface area (Å²) in [7, 11) is -23.2. The largest absolute Gasteiger partial charge is 1.00 e. The van der Waals surface area contributed by atoms with Gasteiger partial charge in [-0.25, -0.2) is 33.7 Å². The first-order valence-corrected chi connectivity index (χ1v) is 27.7. The molecule has 0 heterocycles. The average molecular weight is 1120 g/mol. The van der Waals surface area contributed by atoms with Crippen LogP contribution in [0.2, 0.25) is 0 Å². The van der Waals surface area contributed by atoms with E-state index in [2.05, 4.69) is 0 Å². The molecule has 12 nitrogen and oxygen atoms in total. The second kappa shape index (κ2) is 25.9. The van der Waals surface area contributed by atoms with Crippen molar-refractivity contribution >= 4 is 99.1 Å². The van der Waals surface area contributed by atoms with Gasteiger partial charge in [0, 0.05) is 12.3 Å². The summed E-state index contributed by atoms with van der Waals surface area (Å²) in [6.45, 7) is 0. The van der Waals surface area contributed by atoms with Gasteiger partial charge in [0.05, 0.1) is 19.6 Å². The van der Waals surface area contributed by atoms with E-state index in [1.165, 1.54) is 72.8 Å². The van der Waals surface area contributed by atoms with E-state index in [9.17, 15) is 51.9 Å². The van der Waals surface area contributed by atoms with E-state index in [0.29, 0.717) is 21.2 Å². The molecule has 0 saturated carbocycles. The molecule has 0 aliphatic heterocycles. The van der Waals surface area contributed by atoms with Crippen molar-refractivity contribution in [1.82, 2.24) is 0 Å². The standard InChI is InChI=1S/C46H36O12P2S4.4K/c47-61(48,49)39-15-5-11-35(25-39)59(36-12-6-16-40(26-36)62(50,51)52)29-33-23-21-31-9-1-3-19-43(31)45(33)46-34(24-22-32-10-2-4-20-44(32)46)30-60(37-13-7-17-41(27-37)63(53,54)55)38-14-8-18-42(28-38)64(56,57)58;;;;/h1-28H,29-30H2,(H,47,48,49)(H,50,51,52)(H,53,54,55)(H,56,57,58);;;;/q;4*+1/p-4. The molecule has 0 radical (unpaired) electrons. The minimum Gasteiger partial charge on any atom is -0.744 e. The maximum atomic E-state index is 12.3. The van der Waals surface area contributed by atoms with Crippen LogP contribution >= 0.6 is 15.8 Å². The molecule has 326 valence electrons. The Morgan fingerprint density at radius 3 is 0.853 bits per heavy atom. The van der Waals surface area contributed by atoms with E-state index >= 15 is 0 Å². The van der Waals surface area contributed by atoms with Gasteiger partial charge in [-0.15, -0.1) is 0 Å². The van der Waals surface area contributed by atoms with Gasteiger partial charge < -0.3 is 18.2 Å². The molecule has 0 unspecified atom stereocenters. The summed E-state index contributed by atoms with van der Waals surface area (Å²) >= 11 is 0. The zero-order valence-electron chi connectivity index (χ0n) is 37.0. The van der Waals surface area contributed by atoms with Crippen LogP contribution < -0.4 is 227 Å². The van der Waals surface area contributed by atoms with Crippen LogP contribution in [0.25, 0.3) is 32.7 Å². The monoisotopic (exact) mass is 1120 g/mol. The van der Waals surface area contributed by atoms with E-state index in [-0.39, 0.29) is 218 Å². The van der Waals surface area contributed by atoms with Gasteiger partial charge in [0.1, 0.15) is 40.5 Å². The van der Waals surface area contributed by atoms with Crippen LogP contribution in [0.3, 0.4) is 0 Å². The molecule has 0 saturated heterocycles. The molecule has 0 aliphatic rings. The maximum Gasteiger partial charge on any atom is 1.00 e. The first-order chi connectivity index (χ1) is 30.3. The third-order valence-corrected chi connectivity index (χ3v) is 18.9. The van der Waals surface area contributed by atoms with Crippen LogP contribution in [-0.4, -0.2) is 51.9 Å². The molecule has 0 amide bonds. The smallest absolute Gasteiger partial charge is 0.744 e. The Hall–Kier alpha value is 1.33. The van der Waals surface area contributed by atoms with E-state index in [4.69, 9.17) is 0 Å². The predicted molar refractivity (Wildman–Crippen MR) is 244 cm³/mol. The zero-order chi connectivity index (χ0) is 45.6. The fraction of sp³-hybridized carbons (Fsp3) is 0.0435. The van der Waals surface area contributed by atoms with Crippen molar-refractivity contribution in [2.45, 2.75) is 31.9 Å². The quantitative estimate of drug-likeness (QED) is 0.0599. The number of fused-ring (bicyclic) bond motifs is 2. The number of hydrogen-bond acceptors (Lipinski definition) is 12. The fourth-order valence-corrected chi connectivity index (χ4v) is 14.9. The number of benzene rings is 8. The Kier molecular flexibility index (Phi) is 23.6. The fourth-order valence-electron chi connectivity index (χ4n) is 7.72. The van der Waals surface area contributed by atoms with E-state index in [1.54, 1.807) is 24.3 Å². The minimum atomic E-state index is -4.92. The Bertz CT molecular complexity index is 3230. The van der Waals surface area contributed by atoms with Crippen molar-refractivity contribution < 1.29 is 257 Å². The van der Waals surface area contributed by atoms with Gasteiger partial charge in [-0.3, -0.25) is 0 Å². The molecule has 0 atom stereocenters. The van der Waals surface area contributed by atoms with Crippen LogP contribution in [0.15, 0.2) is 189 Å².